The van der Waals surface area contributed by atoms with Crippen LogP contribution in [0.2, 0.25) is 0 Å². The van der Waals surface area contributed by atoms with E-state index in [1.54, 1.807) is 6.20 Å². The monoisotopic (exact) mass is 335 g/mol. The second-order valence-electron chi connectivity index (χ2n) is 3.73. The molecule has 1 aromatic rings. The van der Waals surface area contributed by atoms with Crippen molar-refractivity contribution in [3.8, 4) is 0 Å². The van der Waals surface area contributed by atoms with Crippen molar-refractivity contribution in [1.82, 2.24) is 4.98 Å². The Morgan fingerprint density at radius 3 is 2.67 bits per heavy atom. The average Bonchev–Trinajstić information content (AvgIpc) is 2.22. The number of nitrogens with zero attached hydrogens (tertiary/aromatic N) is 1. The highest BCUT2D eigenvalue weighted by Gasteiger charge is 2.20. The van der Waals surface area contributed by atoms with E-state index in [-0.39, 0.29) is 5.54 Å². The van der Waals surface area contributed by atoms with Gasteiger partial charge in [-0.3, -0.25) is 0 Å². The molecule has 3 N–H and O–H groups in total. The highest BCUT2D eigenvalue weighted by molar-refractivity contribution is 9.11. The fraction of sp³-hybridized carbons (Fsp3) is 0.500. The smallest absolute Gasteiger partial charge is 0.140 e. The lowest BCUT2D eigenvalue weighted by Gasteiger charge is -2.29. The summed E-state index contributed by atoms with van der Waals surface area (Å²) in [5.41, 5.74) is 5.62. The summed E-state index contributed by atoms with van der Waals surface area (Å²) < 4.78 is 1.89. The molecule has 0 aliphatic heterocycles. The van der Waals surface area contributed by atoms with Gasteiger partial charge in [-0.05, 0) is 51.3 Å². The van der Waals surface area contributed by atoms with Crippen LogP contribution in [0.3, 0.4) is 0 Å². The van der Waals surface area contributed by atoms with E-state index in [0.29, 0.717) is 6.54 Å². The summed E-state index contributed by atoms with van der Waals surface area (Å²) in [6, 6.07) is 1.96. The molecule has 0 aliphatic rings. The third-order valence-corrected chi connectivity index (χ3v) is 3.50. The zero-order chi connectivity index (χ0) is 11.5. The third-order valence-electron chi connectivity index (χ3n) is 2.46. The molecule has 0 spiro atoms. The van der Waals surface area contributed by atoms with Gasteiger partial charge in [-0.1, -0.05) is 6.92 Å². The first-order chi connectivity index (χ1) is 7.00. The molecule has 0 amide bonds. The van der Waals surface area contributed by atoms with Gasteiger partial charge >= 0.3 is 0 Å². The largest absolute Gasteiger partial charge is 0.363 e. The fourth-order valence-corrected chi connectivity index (χ4v) is 2.16. The van der Waals surface area contributed by atoms with E-state index in [1.165, 1.54) is 0 Å². The first-order valence-corrected chi connectivity index (χ1v) is 6.38. The first kappa shape index (κ1) is 12.9. The van der Waals surface area contributed by atoms with Gasteiger partial charge in [-0.2, -0.15) is 0 Å². The van der Waals surface area contributed by atoms with Gasteiger partial charge in [0.2, 0.25) is 0 Å². The van der Waals surface area contributed by atoms with Crippen molar-refractivity contribution < 1.29 is 0 Å². The Morgan fingerprint density at radius 1 is 1.53 bits per heavy atom. The number of nitrogens with one attached hydrogen (secondary N) is 1. The maximum atomic E-state index is 5.73. The van der Waals surface area contributed by atoms with Crippen LogP contribution in [0.25, 0.3) is 0 Å². The molecule has 0 fully saturated rings. The Kier molecular flexibility index (Phi) is 4.55. The summed E-state index contributed by atoms with van der Waals surface area (Å²) in [6.45, 7) is 4.77. The predicted octanol–water partition coefficient (Wildman–Crippen LogP) is 3.15. The second kappa shape index (κ2) is 5.27. The zero-order valence-corrected chi connectivity index (χ0v) is 12.0. The number of pyridine rings is 1. The topological polar surface area (TPSA) is 50.9 Å². The van der Waals surface area contributed by atoms with Crippen molar-refractivity contribution in [3.05, 3.63) is 21.2 Å². The molecule has 0 aliphatic carbocycles. The average molecular weight is 337 g/mol. The molecule has 0 radical (unpaired) electrons. The van der Waals surface area contributed by atoms with Crippen molar-refractivity contribution in [2.24, 2.45) is 5.73 Å². The molecule has 0 aromatic carbocycles. The Hall–Kier alpha value is -0.130. The van der Waals surface area contributed by atoms with Crippen molar-refractivity contribution in [2.45, 2.75) is 25.8 Å². The van der Waals surface area contributed by atoms with Crippen molar-refractivity contribution in [2.75, 3.05) is 11.9 Å². The molecule has 1 unspecified atom stereocenters. The molecular weight excluding hydrogens is 322 g/mol. The van der Waals surface area contributed by atoms with E-state index in [2.05, 4.69) is 56.0 Å². The minimum atomic E-state index is -0.108. The summed E-state index contributed by atoms with van der Waals surface area (Å²) in [7, 11) is 0. The maximum Gasteiger partial charge on any atom is 0.140 e. The van der Waals surface area contributed by atoms with Gasteiger partial charge in [0.05, 0.1) is 4.47 Å². The Morgan fingerprint density at radius 2 is 2.20 bits per heavy atom. The third kappa shape index (κ3) is 3.43. The SMILES string of the molecule is CCC(C)(CN)Nc1ncc(Br)cc1Br. The van der Waals surface area contributed by atoms with E-state index in [0.717, 1.165) is 21.2 Å². The molecule has 1 atom stereocenters. The van der Waals surface area contributed by atoms with Crippen molar-refractivity contribution in [3.63, 3.8) is 0 Å². The highest BCUT2D eigenvalue weighted by atomic mass is 79.9. The molecule has 0 bridgehead atoms. The van der Waals surface area contributed by atoms with E-state index in [4.69, 9.17) is 5.73 Å². The number of nitrogens with two attached hydrogens (primary N) is 1. The summed E-state index contributed by atoms with van der Waals surface area (Å²) in [4.78, 5) is 4.30. The van der Waals surface area contributed by atoms with Gasteiger partial charge in [0.15, 0.2) is 0 Å². The van der Waals surface area contributed by atoms with E-state index in [9.17, 15) is 0 Å². The van der Waals surface area contributed by atoms with Crippen LogP contribution in [0.15, 0.2) is 21.2 Å². The molecule has 3 nitrogen and oxygen atoms in total. The van der Waals surface area contributed by atoms with Gasteiger partial charge in [0.25, 0.3) is 0 Å². The molecular formula is C10H15Br2N3. The van der Waals surface area contributed by atoms with Crippen LogP contribution in [0.5, 0.6) is 0 Å². The summed E-state index contributed by atoms with van der Waals surface area (Å²) in [5.74, 6) is 0.827. The van der Waals surface area contributed by atoms with Gasteiger partial charge in [0.1, 0.15) is 5.82 Å². The van der Waals surface area contributed by atoms with Gasteiger partial charge in [-0.15, -0.1) is 0 Å². The molecule has 1 aromatic heterocycles. The van der Waals surface area contributed by atoms with Crippen LogP contribution in [-0.4, -0.2) is 17.1 Å². The number of aromatic nitrogens is 1. The van der Waals surface area contributed by atoms with Crippen molar-refractivity contribution in [1.29, 1.82) is 0 Å². The molecule has 5 heteroatoms. The Bertz CT molecular complexity index is 337. The summed E-state index contributed by atoms with van der Waals surface area (Å²) >= 11 is 6.83. The fourth-order valence-electron chi connectivity index (χ4n) is 1.08. The van der Waals surface area contributed by atoms with E-state index >= 15 is 0 Å². The minimum Gasteiger partial charge on any atom is -0.363 e. The first-order valence-electron chi connectivity index (χ1n) is 4.80. The second-order valence-corrected chi connectivity index (χ2v) is 5.50. The van der Waals surface area contributed by atoms with Gasteiger partial charge in [-0.25, -0.2) is 4.98 Å². The summed E-state index contributed by atoms with van der Waals surface area (Å²) in [6.07, 6.45) is 2.72. The quantitative estimate of drug-likeness (QED) is 0.888. The summed E-state index contributed by atoms with van der Waals surface area (Å²) in [5, 5.41) is 3.35. The molecule has 1 rings (SSSR count). The standard InChI is InChI=1S/C10H15Br2N3/c1-3-10(2,6-13)15-9-8(12)4-7(11)5-14-9/h4-5H,3,6,13H2,1-2H3,(H,14,15). The molecule has 0 saturated heterocycles. The van der Waals surface area contributed by atoms with Crippen LogP contribution in [-0.2, 0) is 0 Å². The predicted molar refractivity (Wildman–Crippen MR) is 71.0 cm³/mol. The Labute approximate surface area is 107 Å². The number of rotatable bonds is 4. The normalized spacial score (nSPS) is 14.7. The Balaban J connectivity index is 2.89. The van der Waals surface area contributed by atoms with Crippen LogP contribution < -0.4 is 11.1 Å². The maximum absolute atomic E-state index is 5.73. The van der Waals surface area contributed by atoms with Crippen molar-refractivity contribution >= 4 is 37.7 Å². The lowest BCUT2D eigenvalue weighted by Crippen LogP contribution is -2.42. The van der Waals surface area contributed by atoms with E-state index < -0.39 is 0 Å². The number of hydrogen-bond acceptors (Lipinski definition) is 3. The van der Waals surface area contributed by atoms with Crippen LogP contribution >= 0.6 is 31.9 Å². The lowest BCUT2D eigenvalue weighted by atomic mass is 9.99. The van der Waals surface area contributed by atoms with Crippen LogP contribution in [0.4, 0.5) is 5.82 Å². The number of anilines is 1. The highest BCUT2D eigenvalue weighted by Crippen LogP contribution is 2.26. The van der Waals surface area contributed by atoms with Gasteiger partial charge in [0, 0.05) is 22.8 Å². The number of hydrogen-bond donors (Lipinski definition) is 2. The van der Waals surface area contributed by atoms with Crippen LogP contribution in [0, 0.1) is 0 Å². The molecule has 0 saturated carbocycles. The van der Waals surface area contributed by atoms with Crippen LogP contribution in [0.1, 0.15) is 20.3 Å². The minimum absolute atomic E-state index is 0.108. The number of halogens is 2. The lowest BCUT2D eigenvalue weighted by molar-refractivity contribution is 0.504. The van der Waals surface area contributed by atoms with Gasteiger partial charge < -0.3 is 11.1 Å². The zero-order valence-electron chi connectivity index (χ0n) is 8.85. The van der Waals surface area contributed by atoms with E-state index in [1.807, 2.05) is 6.07 Å². The molecule has 15 heavy (non-hydrogen) atoms. The molecule has 1 heterocycles. The molecule has 84 valence electrons.